The number of pyridine rings is 2. The molecule has 0 spiro atoms. The average molecular weight is 288 g/mol. The summed E-state index contributed by atoms with van der Waals surface area (Å²) in [7, 11) is 0. The Morgan fingerprint density at radius 2 is 2.05 bits per heavy atom. The summed E-state index contributed by atoms with van der Waals surface area (Å²) in [6.45, 7) is 1.95. The van der Waals surface area contributed by atoms with Crippen molar-refractivity contribution in [2.45, 2.75) is 6.92 Å². The van der Waals surface area contributed by atoms with Gasteiger partial charge in [-0.1, -0.05) is 6.07 Å². The minimum absolute atomic E-state index is 0.546. The van der Waals surface area contributed by atoms with E-state index < -0.39 is 0 Å². The number of benzene rings is 1. The predicted molar refractivity (Wildman–Crippen MR) is 84.9 cm³/mol. The topological polar surface area (TPSA) is 56.0 Å². The van der Waals surface area contributed by atoms with E-state index >= 15 is 0 Å². The van der Waals surface area contributed by atoms with Gasteiger partial charge in [-0.25, -0.2) is 0 Å². The van der Waals surface area contributed by atoms with Gasteiger partial charge in [0.2, 0.25) is 0 Å². The van der Waals surface area contributed by atoms with Crippen molar-refractivity contribution < 1.29 is 9.21 Å². The summed E-state index contributed by atoms with van der Waals surface area (Å²) in [5.41, 5.74) is 5.46. The van der Waals surface area contributed by atoms with Gasteiger partial charge in [0.1, 0.15) is 11.1 Å². The molecule has 0 bridgehead atoms. The summed E-state index contributed by atoms with van der Waals surface area (Å²) >= 11 is 0. The Labute approximate surface area is 126 Å². The van der Waals surface area contributed by atoms with Crippen LogP contribution >= 0.6 is 0 Å². The molecule has 3 heterocycles. The third kappa shape index (κ3) is 1.81. The second kappa shape index (κ2) is 4.77. The highest BCUT2D eigenvalue weighted by molar-refractivity contribution is 6.11. The molecular weight excluding hydrogens is 276 g/mol. The predicted octanol–water partition coefficient (Wildman–Crippen LogP) is 4.16. The first-order valence-electron chi connectivity index (χ1n) is 6.95. The maximum atomic E-state index is 11.3. The standard InChI is InChI=1S/C18H12N2O2/c1-11-7-13(10-21)17-15(8-11)16-18(22-17)14(4-6-20-16)12-3-2-5-19-9-12/h2-10H,1H3. The summed E-state index contributed by atoms with van der Waals surface area (Å²) in [6.07, 6.45) is 6.09. The summed E-state index contributed by atoms with van der Waals surface area (Å²) in [5.74, 6) is 0. The number of carbonyl (C=O) groups excluding carboxylic acids is 1. The zero-order valence-electron chi connectivity index (χ0n) is 11.9. The quantitative estimate of drug-likeness (QED) is 0.520. The third-order valence-electron chi connectivity index (χ3n) is 3.73. The van der Waals surface area contributed by atoms with E-state index in [2.05, 4.69) is 9.97 Å². The van der Waals surface area contributed by atoms with Crippen LogP contribution in [0.1, 0.15) is 15.9 Å². The Morgan fingerprint density at radius 3 is 2.82 bits per heavy atom. The lowest BCUT2D eigenvalue weighted by Crippen LogP contribution is -1.83. The molecule has 1 aromatic carbocycles. The van der Waals surface area contributed by atoms with Crippen LogP contribution in [0.2, 0.25) is 0 Å². The molecule has 0 fully saturated rings. The summed E-state index contributed by atoms with van der Waals surface area (Å²) in [5, 5.41) is 0.864. The molecule has 22 heavy (non-hydrogen) atoms. The van der Waals surface area contributed by atoms with Gasteiger partial charge in [0, 0.05) is 35.1 Å². The highest BCUT2D eigenvalue weighted by Gasteiger charge is 2.16. The Balaban J connectivity index is 2.14. The molecule has 4 nitrogen and oxygen atoms in total. The molecule has 3 aromatic heterocycles. The molecule has 4 aromatic rings. The lowest BCUT2D eigenvalue weighted by atomic mass is 10.1. The largest absolute Gasteiger partial charge is 0.453 e. The van der Waals surface area contributed by atoms with Crippen molar-refractivity contribution in [2.24, 2.45) is 0 Å². The van der Waals surface area contributed by atoms with E-state index in [0.717, 1.165) is 33.9 Å². The summed E-state index contributed by atoms with van der Waals surface area (Å²) in [6, 6.07) is 9.57. The first-order chi connectivity index (χ1) is 10.8. The second-order valence-electron chi connectivity index (χ2n) is 5.23. The molecule has 0 aliphatic rings. The van der Waals surface area contributed by atoms with Crippen molar-refractivity contribution in [1.82, 2.24) is 9.97 Å². The van der Waals surface area contributed by atoms with E-state index in [0.29, 0.717) is 16.7 Å². The monoisotopic (exact) mass is 288 g/mol. The fraction of sp³-hybridized carbons (Fsp3) is 0.0556. The normalized spacial score (nSPS) is 11.1. The fourth-order valence-electron chi connectivity index (χ4n) is 2.77. The van der Waals surface area contributed by atoms with Gasteiger partial charge in [0.05, 0.1) is 5.56 Å². The van der Waals surface area contributed by atoms with E-state index in [1.54, 1.807) is 18.6 Å². The van der Waals surface area contributed by atoms with E-state index in [1.807, 2.05) is 37.3 Å². The van der Waals surface area contributed by atoms with Crippen molar-refractivity contribution in [2.75, 3.05) is 0 Å². The Kier molecular flexibility index (Phi) is 2.76. The fourth-order valence-corrected chi connectivity index (χ4v) is 2.77. The number of hydrogen-bond donors (Lipinski definition) is 0. The van der Waals surface area contributed by atoms with Crippen molar-refractivity contribution in [1.29, 1.82) is 0 Å². The SMILES string of the molecule is Cc1cc(C=O)c2oc3c(-c4cccnc4)ccnc3c2c1. The second-order valence-corrected chi connectivity index (χ2v) is 5.23. The smallest absolute Gasteiger partial charge is 0.161 e. The number of hydrogen-bond acceptors (Lipinski definition) is 4. The van der Waals surface area contributed by atoms with Crippen molar-refractivity contribution in [3.63, 3.8) is 0 Å². The van der Waals surface area contributed by atoms with Crippen LogP contribution in [0.3, 0.4) is 0 Å². The number of aryl methyl sites for hydroxylation is 1. The first kappa shape index (κ1) is 12.7. The van der Waals surface area contributed by atoms with Crippen LogP contribution in [0.15, 0.2) is 53.3 Å². The van der Waals surface area contributed by atoms with Crippen LogP contribution in [0.4, 0.5) is 0 Å². The Hall–Kier alpha value is -3.01. The number of furan rings is 1. The molecule has 4 rings (SSSR count). The van der Waals surface area contributed by atoms with E-state index in [-0.39, 0.29) is 0 Å². The van der Waals surface area contributed by atoms with Crippen molar-refractivity contribution in [3.8, 4) is 11.1 Å². The van der Waals surface area contributed by atoms with Crippen LogP contribution in [0.25, 0.3) is 33.2 Å². The molecule has 0 atom stereocenters. The Bertz CT molecular complexity index is 1000. The van der Waals surface area contributed by atoms with E-state index in [9.17, 15) is 4.79 Å². The van der Waals surface area contributed by atoms with Gasteiger partial charge in [-0.2, -0.15) is 0 Å². The molecule has 0 aliphatic heterocycles. The van der Waals surface area contributed by atoms with Gasteiger partial charge in [0.15, 0.2) is 11.9 Å². The average Bonchev–Trinajstić information content (AvgIpc) is 2.93. The van der Waals surface area contributed by atoms with Crippen LogP contribution in [0.5, 0.6) is 0 Å². The highest BCUT2D eigenvalue weighted by atomic mass is 16.3. The lowest BCUT2D eigenvalue weighted by Gasteiger charge is -2.00. The molecule has 4 heteroatoms. The molecule has 0 unspecified atom stereocenters. The minimum atomic E-state index is 0.546. The number of fused-ring (bicyclic) bond motifs is 3. The number of carbonyl (C=O) groups is 1. The minimum Gasteiger partial charge on any atom is -0.453 e. The van der Waals surface area contributed by atoms with Crippen molar-refractivity contribution >= 4 is 28.4 Å². The molecule has 0 saturated heterocycles. The van der Waals surface area contributed by atoms with Gasteiger partial charge in [0.25, 0.3) is 0 Å². The van der Waals surface area contributed by atoms with Crippen LogP contribution < -0.4 is 0 Å². The van der Waals surface area contributed by atoms with Gasteiger partial charge >= 0.3 is 0 Å². The molecule has 0 radical (unpaired) electrons. The zero-order valence-corrected chi connectivity index (χ0v) is 11.9. The third-order valence-corrected chi connectivity index (χ3v) is 3.73. The van der Waals surface area contributed by atoms with Crippen LogP contribution in [-0.2, 0) is 0 Å². The number of rotatable bonds is 2. The van der Waals surface area contributed by atoms with E-state index in [4.69, 9.17) is 4.42 Å². The number of aldehydes is 1. The Morgan fingerprint density at radius 1 is 1.14 bits per heavy atom. The van der Waals surface area contributed by atoms with Crippen LogP contribution in [-0.4, -0.2) is 16.3 Å². The highest BCUT2D eigenvalue weighted by Crippen LogP contribution is 2.35. The number of aromatic nitrogens is 2. The molecule has 0 N–H and O–H groups in total. The molecular formula is C18H12N2O2. The molecule has 0 amide bonds. The molecule has 0 aliphatic carbocycles. The van der Waals surface area contributed by atoms with Gasteiger partial charge in [-0.15, -0.1) is 0 Å². The maximum absolute atomic E-state index is 11.3. The lowest BCUT2D eigenvalue weighted by molar-refractivity contribution is 0.112. The van der Waals surface area contributed by atoms with Gasteiger partial charge < -0.3 is 4.42 Å². The van der Waals surface area contributed by atoms with Crippen molar-refractivity contribution in [3.05, 3.63) is 60.0 Å². The van der Waals surface area contributed by atoms with Gasteiger partial charge in [-0.05, 0) is 36.8 Å². The van der Waals surface area contributed by atoms with Gasteiger partial charge in [-0.3, -0.25) is 14.8 Å². The molecule has 106 valence electrons. The maximum Gasteiger partial charge on any atom is 0.161 e. The zero-order chi connectivity index (χ0) is 15.1. The van der Waals surface area contributed by atoms with Crippen LogP contribution in [0, 0.1) is 6.92 Å². The summed E-state index contributed by atoms with van der Waals surface area (Å²) < 4.78 is 5.99. The van der Waals surface area contributed by atoms with E-state index in [1.165, 1.54) is 0 Å². The first-order valence-corrected chi connectivity index (χ1v) is 6.95. The molecule has 0 saturated carbocycles. The number of nitrogens with zero attached hydrogens (tertiary/aromatic N) is 2. The summed E-state index contributed by atoms with van der Waals surface area (Å²) in [4.78, 5) is 19.9.